The van der Waals surface area contributed by atoms with Gasteiger partial charge in [0.1, 0.15) is 5.75 Å². The highest BCUT2D eigenvalue weighted by atomic mass is 16.5. The molecule has 0 aliphatic rings. The Morgan fingerprint density at radius 3 is 3.08 bits per heavy atom. The van der Waals surface area contributed by atoms with Crippen molar-refractivity contribution in [3.05, 3.63) is 34.7 Å². The Bertz CT molecular complexity index is 490. The predicted molar refractivity (Wildman–Crippen MR) is 48.9 cm³/mol. The quantitative estimate of drug-likeness (QED) is 0.703. The summed E-state index contributed by atoms with van der Waals surface area (Å²) >= 11 is 0. The van der Waals surface area contributed by atoms with Crippen molar-refractivity contribution in [2.45, 2.75) is 0 Å². The first kappa shape index (κ1) is 7.79. The molecule has 2 aromatic heterocycles. The fourth-order valence-corrected chi connectivity index (χ4v) is 1.13. The van der Waals surface area contributed by atoms with E-state index in [1.54, 1.807) is 25.4 Å². The van der Waals surface area contributed by atoms with E-state index in [-0.39, 0.29) is 5.56 Å². The van der Waals surface area contributed by atoms with Crippen molar-refractivity contribution < 1.29 is 4.74 Å². The first-order chi connectivity index (χ1) is 6.29. The molecule has 0 unspecified atom stereocenters. The third kappa shape index (κ3) is 1.38. The predicted octanol–water partition coefficient (Wildman–Crippen LogP) is 0.932. The SMILES string of the molecule is COc1cnc2ccc(=O)[nH]c2c1. The Morgan fingerprint density at radius 2 is 2.31 bits per heavy atom. The molecule has 0 amide bonds. The van der Waals surface area contributed by atoms with Crippen LogP contribution in [0.2, 0.25) is 0 Å². The van der Waals surface area contributed by atoms with Crippen molar-refractivity contribution in [2.24, 2.45) is 0 Å². The summed E-state index contributed by atoms with van der Waals surface area (Å²) in [5.41, 5.74) is 1.30. The van der Waals surface area contributed by atoms with E-state index in [1.807, 2.05) is 0 Å². The number of hydrogen-bond acceptors (Lipinski definition) is 3. The summed E-state index contributed by atoms with van der Waals surface area (Å²) in [7, 11) is 1.56. The number of pyridine rings is 2. The Kier molecular flexibility index (Phi) is 1.73. The van der Waals surface area contributed by atoms with Gasteiger partial charge in [-0.1, -0.05) is 0 Å². The Hall–Kier alpha value is -1.84. The molecule has 0 aliphatic heterocycles. The maximum atomic E-state index is 11.0. The lowest BCUT2D eigenvalue weighted by molar-refractivity contribution is 0.413. The van der Waals surface area contributed by atoms with E-state index in [9.17, 15) is 4.79 Å². The summed E-state index contributed by atoms with van der Waals surface area (Å²) in [5, 5.41) is 0. The first-order valence-electron chi connectivity index (χ1n) is 3.83. The largest absolute Gasteiger partial charge is 0.495 e. The van der Waals surface area contributed by atoms with Gasteiger partial charge in [0.2, 0.25) is 5.56 Å². The van der Waals surface area contributed by atoms with Crippen molar-refractivity contribution in [1.29, 1.82) is 0 Å². The molecule has 0 saturated carbocycles. The highest BCUT2D eigenvalue weighted by Gasteiger charge is 1.97. The van der Waals surface area contributed by atoms with Crippen LogP contribution in [0, 0.1) is 0 Å². The molecule has 0 aromatic carbocycles. The molecular weight excluding hydrogens is 168 g/mol. The van der Waals surface area contributed by atoms with Gasteiger partial charge in [0.15, 0.2) is 0 Å². The van der Waals surface area contributed by atoms with E-state index < -0.39 is 0 Å². The lowest BCUT2D eigenvalue weighted by atomic mass is 10.3. The van der Waals surface area contributed by atoms with Gasteiger partial charge in [-0.2, -0.15) is 0 Å². The third-order valence-corrected chi connectivity index (χ3v) is 1.78. The van der Waals surface area contributed by atoms with E-state index in [0.717, 1.165) is 5.52 Å². The molecule has 4 heteroatoms. The van der Waals surface area contributed by atoms with Crippen LogP contribution in [0.3, 0.4) is 0 Å². The molecule has 0 fully saturated rings. The number of fused-ring (bicyclic) bond motifs is 1. The summed E-state index contributed by atoms with van der Waals surface area (Å²) in [4.78, 5) is 17.7. The molecule has 2 rings (SSSR count). The van der Waals surface area contributed by atoms with Gasteiger partial charge in [-0.25, -0.2) is 0 Å². The van der Waals surface area contributed by atoms with Crippen LogP contribution in [-0.2, 0) is 0 Å². The first-order valence-corrected chi connectivity index (χ1v) is 3.83. The fraction of sp³-hybridized carbons (Fsp3) is 0.111. The second-order valence-electron chi connectivity index (χ2n) is 2.63. The number of aromatic amines is 1. The van der Waals surface area contributed by atoms with E-state index in [4.69, 9.17) is 4.74 Å². The lowest BCUT2D eigenvalue weighted by Gasteiger charge is -2.00. The van der Waals surface area contributed by atoms with Gasteiger partial charge in [0.25, 0.3) is 0 Å². The van der Waals surface area contributed by atoms with Gasteiger partial charge in [-0.3, -0.25) is 9.78 Å². The Labute approximate surface area is 74.2 Å². The van der Waals surface area contributed by atoms with Gasteiger partial charge in [0.05, 0.1) is 24.3 Å². The van der Waals surface area contributed by atoms with E-state index >= 15 is 0 Å². The summed E-state index contributed by atoms with van der Waals surface area (Å²) in [5.74, 6) is 0.634. The molecule has 0 atom stereocenters. The molecule has 13 heavy (non-hydrogen) atoms. The van der Waals surface area contributed by atoms with Crippen molar-refractivity contribution in [3.8, 4) is 5.75 Å². The Balaban J connectivity index is 2.75. The molecule has 1 N–H and O–H groups in total. The highest BCUT2D eigenvalue weighted by molar-refractivity contribution is 5.74. The third-order valence-electron chi connectivity index (χ3n) is 1.78. The smallest absolute Gasteiger partial charge is 0.248 e. The number of methoxy groups -OCH3 is 1. The van der Waals surface area contributed by atoms with Gasteiger partial charge in [-0.05, 0) is 6.07 Å². The van der Waals surface area contributed by atoms with Crippen molar-refractivity contribution in [1.82, 2.24) is 9.97 Å². The van der Waals surface area contributed by atoms with Crippen LogP contribution in [0.25, 0.3) is 11.0 Å². The summed E-state index contributed by atoms with van der Waals surface area (Å²) in [6, 6.07) is 4.86. The van der Waals surface area contributed by atoms with Crippen LogP contribution in [0.15, 0.2) is 29.2 Å². The number of H-pyrrole nitrogens is 1. The van der Waals surface area contributed by atoms with Crippen LogP contribution in [0.5, 0.6) is 5.75 Å². The minimum absolute atomic E-state index is 0.137. The van der Waals surface area contributed by atoms with Gasteiger partial charge in [0, 0.05) is 12.1 Å². The minimum Gasteiger partial charge on any atom is -0.495 e. The zero-order valence-corrected chi connectivity index (χ0v) is 7.07. The summed E-state index contributed by atoms with van der Waals surface area (Å²) in [6.07, 6.45) is 1.61. The number of ether oxygens (including phenoxy) is 1. The normalized spacial score (nSPS) is 10.2. The average Bonchev–Trinajstić information content (AvgIpc) is 2.16. The highest BCUT2D eigenvalue weighted by Crippen LogP contribution is 2.13. The van der Waals surface area contributed by atoms with Crippen LogP contribution in [0.4, 0.5) is 0 Å². The summed E-state index contributed by atoms with van der Waals surface area (Å²) < 4.78 is 4.98. The minimum atomic E-state index is -0.137. The van der Waals surface area contributed by atoms with Crippen molar-refractivity contribution in [2.75, 3.05) is 7.11 Å². The second-order valence-corrected chi connectivity index (χ2v) is 2.63. The molecule has 0 aliphatic carbocycles. The second kappa shape index (κ2) is 2.90. The molecule has 4 nitrogen and oxygen atoms in total. The molecule has 0 saturated heterocycles. The van der Waals surface area contributed by atoms with Gasteiger partial charge in [-0.15, -0.1) is 0 Å². The zero-order chi connectivity index (χ0) is 9.26. The monoisotopic (exact) mass is 176 g/mol. The molecule has 0 spiro atoms. The number of nitrogens with zero attached hydrogens (tertiary/aromatic N) is 1. The van der Waals surface area contributed by atoms with E-state index in [0.29, 0.717) is 11.3 Å². The zero-order valence-electron chi connectivity index (χ0n) is 7.07. The number of aromatic nitrogens is 2. The van der Waals surface area contributed by atoms with Crippen LogP contribution in [0.1, 0.15) is 0 Å². The lowest BCUT2D eigenvalue weighted by Crippen LogP contribution is -2.02. The van der Waals surface area contributed by atoms with Crippen molar-refractivity contribution >= 4 is 11.0 Å². The number of hydrogen-bond donors (Lipinski definition) is 1. The number of rotatable bonds is 1. The maximum absolute atomic E-state index is 11.0. The van der Waals surface area contributed by atoms with Crippen molar-refractivity contribution in [3.63, 3.8) is 0 Å². The Morgan fingerprint density at radius 1 is 1.46 bits per heavy atom. The van der Waals surface area contributed by atoms with E-state index in [2.05, 4.69) is 9.97 Å². The van der Waals surface area contributed by atoms with Crippen LogP contribution >= 0.6 is 0 Å². The topological polar surface area (TPSA) is 55.0 Å². The molecule has 0 bridgehead atoms. The van der Waals surface area contributed by atoms with Crippen LogP contribution < -0.4 is 10.3 Å². The molecule has 2 aromatic rings. The average molecular weight is 176 g/mol. The fourth-order valence-electron chi connectivity index (χ4n) is 1.13. The molecule has 2 heterocycles. The molecule has 0 radical (unpaired) electrons. The summed E-state index contributed by atoms with van der Waals surface area (Å²) in [6.45, 7) is 0. The van der Waals surface area contributed by atoms with Gasteiger partial charge < -0.3 is 9.72 Å². The van der Waals surface area contributed by atoms with Crippen LogP contribution in [-0.4, -0.2) is 17.1 Å². The maximum Gasteiger partial charge on any atom is 0.248 e. The molecule has 66 valence electrons. The number of nitrogens with one attached hydrogen (secondary N) is 1. The standard InChI is InChI=1S/C9H8N2O2/c1-13-6-4-8-7(10-5-6)2-3-9(12)11-8/h2-5H,1H3,(H,11,12). The molecular formula is C9H8N2O2. The van der Waals surface area contributed by atoms with E-state index in [1.165, 1.54) is 6.07 Å². The van der Waals surface area contributed by atoms with Gasteiger partial charge >= 0.3 is 0 Å².